The molecule has 0 radical (unpaired) electrons. The highest BCUT2D eigenvalue weighted by molar-refractivity contribution is 6.30. The lowest BCUT2D eigenvalue weighted by molar-refractivity contribution is -0.133. The molecular formula is C25H38ClN5O3. The number of carbonyl (C=O) groups excluding carboxylic acids is 3. The Kier molecular flexibility index (Phi) is 10.5. The van der Waals surface area contributed by atoms with Gasteiger partial charge >= 0.3 is 0 Å². The van der Waals surface area contributed by atoms with E-state index in [-0.39, 0.29) is 24.2 Å². The van der Waals surface area contributed by atoms with Gasteiger partial charge in [-0.3, -0.25) is 19.3 Å². The summed E-state index contributed by atoms with van der Waals surface area (Å²) < 4.78 is 0. The van der Waals surface area contributed by atoms with E-state index >= 15 is 0 Å². The van der Waals surface area contributed by atoms with Gasteiger partial charge in [0.2, 0.25) is 17.7 Å². The molecule has 0 bridgehead atoms. The van der Waals surface area contributed by atoms with Crippen LogP contribution in [0.25, 0.3) is 0 Å². The lowest BCUT2D eigenvalue weighted by Crippen LogP contribution is -2.50. The highest BCUT2D eigenvalue weighted by Gasteiger charge is 2.27. The van der Waals surface area contributed by atoms with Crippen LogP contribution in [0.3, 0.4) is 0 Å². The van der Waals surface area contributed by atoms with Gasteiger partial charge in [0.25, 0.3) is 0 Å². The number of amides is 3. The fourth-order valence-electron chi connectivity index (χ4n) is 4.76. The molecule has 188 valence electrons. The zero-order valence-electron chi connectivity index (χ0n) is 19.9. The zero-order valence-corrected chi connectivity index (χ0v) is 20.7. The minimum absolute atomic E-state index is 0.0729. The van der Waals surface area contributed by atoms with Crippen LogP contribution in [0.15, 0.2) is 24.3 Å². The predicted molar refractivity (Wildman–Crippen MR) is 135 cm³/mol. The fraction of sp³-hybridized carbons (Fsp3) is 0.640. The number of benzene rings is 1. The summed E-state index contributed by atoms with van der Waals surface area (Å²) in [5.41, 5.74) is 6.48. The van der Waals surface area contributed by atoms with E-state index in [0.29, 0.717) is 6.54 Å². The molecule has 1 aromatic rings. The van der Waals surface area contributed by atoms with Crippen molar-refractivity contribution in [1.29, 1.82) is 0 Å². The van der Waals surface area contributed by atoms with Crippen molar-refractivity contribution in [3.8, 4) is 0 Å². The number of hydrogen-bond donors (Lipinski definition) is 3. The fourth-order valence-corrected chi connectivity index (χ4v) is 4.95. The number of nitrogens with zero attached hydrogens (tertiary/aromatic N) is 2. The number of halogens is 1. The highest BCUT2D eigenvalue weighted by atomic mass is 35.5. The minimum Gasteiger partial charge on any atom is -0.370 e. The summed E-state index contributed by atoms with van der Waals surface area (Å²) in [6.45, 7) is 5.40. The molecule has 1 atom stereocenters. The highest BCUT2D eigenvalue weighted by Crippen LogP contribution is 2.24. The molecule has 34 heavy (non-hydrogen) atoms. The smallest absolute Gasteiger partial charge is 0.243 e. The van der Waals surface area contributed by atoms with Crippen LogP contribution < -0.4 is 21.3 Å². The summed E-state index contributed by atoms with van der Waals surface area (Å²) in [5, 5.41) is 6.38. The molecule has 3 amide bonds. The molecule has 0 aromatic heterocycles. The first-order valence-corrected chi connectivity index (χ1v) is 12.9. The molecule has 2 fully saturated rings. The van der Waals surface area contributed by atoms with Gasteiger partial charge in [-0.05, 0) is 50.4 Å². The topological polar surface area (TPSA) is 108 Å². The second-order valence-electron chi connectivity index (χ2n) is 9.37. The van der Waals surface area contributed by atoms with Crippen molar-refractivity contribution in [3.05, 3.63) is 29.3 Å². The number of unbranched alkanes of at least 4 members (excludes halogenated alkanes) is 1. The van der Waals surface area contributed by atoms with Gasteiger partial charge < -0.3 is 21.3 Å². The van der Waals surface area contributed by atoms with Crippen LogP contribution in [0.1, 0.15) is 51.4 Å². The average molecular weight is 492 g/mol. The summed E-state index contributed by atoms with van der Waals surface area (Å²) in [5.74, 6) is -1.15. The minimum atomic E-state index is -0.897. The van der Waals surface area contributed by atoms with Crippen LogP contribution in [0.5, 0.6) is 0 Å². The SMILES string of the molecule is NC(=O)C[C@H](NC(=O)C1CCCCC1)C(=O)NCCCCN1CCN(c2cccc(Cl)c2)CC1. The maximum atomic E-state index is 12.6. The number of anilines is 1. The Bertz CT molecular complexity index is 823. The molecule has 1 saturated heterocycles. The summed E-state index contributed by atoms with van der Waals surface area (Å²) in [6.07, 6.45) is 6.50. The van der Waals surface area contributed by atoms with Gasteiger partial charge in [0.05, 0.1) is 6.42 Å². The van der Waals surface area contributed by atoms with Gasteiger partial charge in [-0.25, -0.2) is 0 Å². The predicted octanol–water partition coefficient (Wildman–Crippen LogP) is 2.30. The summed E-state index contributed by atoms with van der Waals surface area (Å²) >= 11 is 6.11. The maximum Gasteiger partial charge on any atom is 0.243 e. The lowest BCUT2D eigenvalue weighted by Gasteiger charge is -2.36. The maximum absolute atomic E-state index is 12.6. The number of rotatable bonds is 11. The lowest BCUT2D eigenvalue weighted by atomic mass is 9.88. The van der Waals surface area contributed by atoms with E-state index in [2.05, 4.69) is 26.5 Å². The van der Waals surface area contributed by atoms with Crippen LogP contribution in [0.4, 0.5) is 5.69 Å². The second-order valence-corrected chi connectivity index (χ2v) is 9.81. The van der Waals surface area contributed by atoms with Gasteiger partial charge in [0, 0.05) is 49.4 Å². The Morgan fingerprint density at radius 2 is 1.79 bits per heavy atom. The molecule has 1 aliphatic heterocycles. The standard InChI is InChI=1S/C25H38ClN5O3/c26-20-9-6-10-21(17-20)31-15-13-30(14-16-31)12-5-4-11-28-25(34)22(18-23(27)32)29-24(33)19-7-2-1-3-8-19/h6,9-10,17,19,22H,1-5,7-8,11-16,18H2,(H2,27,32)(H,28,34)(H,29,33)/t22-/m0/s1. The van der Waals surface area contributed by atoms with Crippen molar-refractivity contribution >= 4 is 35.0 Å². The molecule has 9 heteroatoms. The third-order valence-corrected chi connectivity index (χ3v) is 7.00. The molecule has 2 aliphatic rings. The molecule has 1 aliphatic carbocycles. The molecule has 3 rings (SSSR count). The summed E-state index contributed by atoms with van der Waals surface area (Å²) in [4.78, 5) is 41.3. The normalized spacial score (nSPS) is 18.3. The van der Waals surface area contributed by atoms with Gasteiger partial charge in [-0.15, -0.1) is 0 Å². The third kappa shape index (κ3) is 8.47. The molecule has 0 unspecified atom stereocenters. The van der Waals surface area contributed by atoms with Gasteiger partial charge in [0.15, 0.2) is 0 Å². The van der Waals surface area contributed by atoms with Crippen LogP contribution in [0.2, 0.25) is 5.02 Å². The number of nitrogens with one attached hydrogen (secondary N) is 2. The average Bonchev–Trinajstić information content (AvgIpc) is 2.84. The number of piperazine rings is 1. The largest absolute Gasteiger partial charge is 0.370 e. The third-order valence-electron chi connectivity index (χ3n) is 6.76. The Morgan fingerprint density at radius 3 is 2.47 bits per heavy atom. The van der Waals surface area contributed by atoms with Crippen LogP contribution in [-0.4, -0.2) is 67.9 Å². The second kappa shape index (κ2) is 13.5. The van der Waals surface area contributed by atoms with Gasteiger partial charge in [-0.1, -0.05) is 36.9 Å². The van der Waals surface area contributed by atoms with Gasteiger partial charge in [0.1, 0.15) is 6.04 Å². The number of carbonyl (C=O) groups is 3. The van der Waals surface area contributed by atoms with Crippen LogP contribution >= 0.6 is 11.6 Å². The molecule has 8 nitrogen and oxygen atoms in total. The molecular weight excluding hydrogens is 454 g/mol. The van der Waals surface area contributed by atoms with Crippen LogP contribution in [0, 0.1) is 5.92 Å². The summed E-state index contributed by atoms with van der Waals surface area (Å²) in [6, 6.07) is 7.07. The molecule has 1 aromatic carbocycles. The Balaban J connectivity index is 1.33. The van der Waals surface area contributed by atoms with E-state index in [1.165, 1.54) is 0 Å². The van der Waals surface area contributed by atoms with E-state index in [0.717, 1.165) is 88.4 Å². The van der Waals surface area contributed by atoms with Crippen molar-refractivity contribution in [1.82, 2.24) is 15.5 Å². The molecule has 0 spiro atoms. The summed E-state index contributed by atoms with van der Waals surface area (Å²) in [7, 11) is 0. The van der Waals surface area contributed by atoms with Crippen molar-refractivity contribution < 1.29 is 14.4 Å². The Hall–Kier alpha value is -2.32. The van der Waals surface area contributed by atoms with Gasteiger partial charge in [-0.2, -0.15) is 0 Å². The Morgan fingerprint density at radius 1 is 1.06 bits per heavy atom. The van der Waals surface area contributed by atoms with E-state index < -0.39 is 11.9 Å². The first-order valence-electron chi connectivity index (χ1n) is 12.5. The van der Waals surface area contributed by atoms with Crippen molar-refractivity contribution in [2.45, 2.75) is 57.4 Å². The Labute approximate surface area is 207 Å². The van der Waals surface area contributed by atoms with Crippen LogP contribution in [-0.2, 0) is 14.4 Å². The zero-order chi connectivity index (χ0) is 24.3. The van der Waals surface area contributed by atoms with Crippen molar-refractivity contribution in [3.63, 3.8) is 0 Å². The molecule has 1 saturated carbocycles. The molecule has 1 heterocycles. The van der Waals surface area contributed by atoms with E-state index in [9.17, 15) is 14.4 Å². The van der Waals surface area contributed by atoms with E-state index in [1.807, 2.05) is 18.2 Å². The van der Waals surface area contributed by atoms with E-state index in [1.54, 1.807) is 0 Å². The quantitative estimate of drug-likeness (QED) is 0.412. The first-order chi connectivity index (χ1) is 16.4. The van der Waals surface area contributed by atoms with Crippen molar-refractivity contribution in [2.75, 3.05) is 44.2 Å². The van der Waals surface area contributed by atoms with Crippen molar-refractivity contribution in [2.24, 2.45) is 11.7 Å². The number of nitrogens with two attached hydrogens (primary N) is 1. The monoisotopic (exact) mass is 491 g/mol. The number of hydrogen-bond acceptors (Lipinski definition) is 5. The molecule has 4 N–H and O–H groups in total. The van der Waals surface area contributed by atoms with E-state index in [4.69, 9.17) is 17.3 Å². The number of primary amides is 1. The first kappa shape index (κ1) is 26.3.